The molecule has 5 heteroatoms. The van der Waals surface area contributed by atoms with Crippen molar-refractivity contribution < 1.29 is 15.0 Å². The number of nitrogens with zero attached hydrogens (tertiary/aromatic N) is 1. The van der Waals surface area contributed by atoms with Crippen LogP contribution in [0.5, 0.6) is 0 Å². The Morgan fingerprint density at radius 1 is 1.27 bits per heavy atom. The van der Waals surface area contributed by atoms with Gasteiger partial charge in [-0.15, -0.1) is 0 Å². The number of hydrogen-bond donors (Lipinski definition) is 3. The molecule has 1 heterocycles. The molecule has 1 aromatic carbocycles. The van der Waals surface area contributed by atoms with Crippen LogP contribution in [0.4, 0.5) is 0 Å². The quantitative estimate of drug-likeness (QED) is 0.397. The van der Waals surface area contributed by atoms with Crippen LogP contribution < -0.4 is 5.32 Å². The topological polar surface area (TPSA) is 72.8 Å². The highest BCUT2D eigenvalue weighted by Crippen LogP contribution is 2.47. The van der Waals surface area contributed by atoms with Gasteiger partial charge in [-0.2, -0.15) is 0 Å². The fourth-order valence-electron chi connectivity index (χ4n) is 5.90. The lowest BCUT2D eigenvalue weighted by atomic mass is 9.88. The number of allylic oxidation sites excluding steroid dienone is 1. The molecule has 0 radical (unpaired) electrons. The lowest BCUT2D eigenvalue weighted by Crippen LogP contribution is -2.41. The zero-order valence-electron chi connectivity index (χ0n) is 20.0. The van der Waals surface area contributed by atoms with Crippen LogP contribution in [0.15, 0.2) is 48.1 Å². The SMILES string of the molecule is Cc1cccc(C[C@H](O)C=C[C@@H]2[C@H]3CC(CCNCC(=O)N4CCCCC4)=C[C@H]3C[C@H]2O)c1. The zero-order chi connectivity index (χ0) is 23.2. The molecule has 5 atom stereocenters. The Labute approximate surface area is 198 Å². The van der Waals surface area contributed by atoms with E-state index in [1.165, 1.54) is 17.6 Å². The van der Waals surface area contributed by atoms with Crippen LogP contribution in [0.3, 0.4) is 0 Å². The average molecular weight is 453 g/mol. The molecule has 0 unspecified atom stereocenters. The molecule has 4 rings (SSSR count). The predicted octanol–water partition coefficient (Wildman–Crippen LogP) is 3.39. The number of fused-ring (bicyclic) bond motifs is 1. The highest BCUT2D eigenvalue weighted by Gasteiger charge is 2.43. The Bertz CT molecular complexity index is 858. The second-order valence-electron chi connectivity index (χ2n) is 10.3. The number of benzene rings is 1. The van der Waals surface area contributed by atoms with Gasteiger partial charge in [-0.1, -0.05) is 53.6 Å². The van der Waals surface area contributed by atoms with Gasteiger partial charge < -0.3 is 20.4 Å². The van der Waals surface area contributed by atoms with Gasteiger partial charge in [-0.05, 0) is 69.4 Å². The molecule has 5 nitrogen and oxygen atoms in total. The Balaban J connectivity index is 1.21. The zero-order valence-corrected chi connectivity index (χ0v) is 20.0. The molecule has 1 saturated heterocycles. The molecule has 1 amide bonds. The summed E-state index contributed by atoms with van der Waals surface area (Å²) in [6, 6.07) is 8.24. The first-order valence-corrected chi connectivity index (χ1v) is 12.8. The number of likely N-dealkylation sites (tertiary alicyclic amines) is 1. The number of nitrogens with one attached hydrogen (secondary N) is 1. The first-order valence-electron chi connectivity index (χ1n) is 12.8. The minimum atomic E-state index is -0.534. The minimum Gasteiger partial charge on any atom is -0.392 e. The number of aliphatic hydroxyl groups excluding tert-OH is 2. The summed E-state index contributed by atoms with van der Waals surface area (Å²) in [5.41, 5.74) is 3.77. The number of rotatable bonds is 9. The van der Waals surface area contributed by atoms with Crippen molar-refractivity contribution in [2.75, 3.05) is 26.2 Å². The molecule has 33 heavy (non-hydrogen) atoms. The number of hydrogen-bond acceptors (Lipinski definition) is 4. The summed E-state index contributed by atoms with van der Waals surface area (Å²) in [6.07, 6.45) is 12.3. The lowest BCUT2D eigenvalue weighted by Gasteiger charge is -2.26. The van der Waals surface area contributed by atoms with Crippen LogP contribution in [-0.2, 0) is 11.2 Å². The molecular formula is C28H40N2O3. The van der Waals surface area contributed by atoms with Gasteiger partial charge in [0, 0.05) is 25.4 Å². The second-order valence-corrected chi connectivity index (χ2v) is 10.3. The molecule has 0 spiro atoms. The monoisotopic (exact) mass is 452 g/mol. The molecule has 0 bridgehead atoms. The minimum absolute atomic E-state index is 0.101. The first-order chi connectivity index (χ1) is 16.0. The van der Waals surface area contributed by atoms with Crippen molar-refractivity contribution in [2.45, 2.75) is 64.1 Å². The van der Waals surface area contributed by atoms with Gasteiger partial charge in [0.2, 0.25) is 5.91 Å². The Kier molecular flexibility index (Phi) is 8.39. The van der Waals surface area contributed by atoms with E-state index in [1.54, 1.807) is 0 Å². The van der Waals surface area contributed by atoms with Gasteiger partial charge in [-0.25, -0.2) is 0 Å². The third-order valence-corrected chi connectivity index (χ3v) is 7.64. The van der Waals surface area contributed by atoms with Crippen molar-refractivity contribution in [3.8, 4) is 0 Å². The second kappa shape index (κ2) is 11.5. The summed E-state index contributed by atoms with van der Waals surface area (Å²) in [4.78, 5) is 14.3. The average Bonchev–Trinajstić information content (AvgIpc) is 3.32. The molecule has 1 aliphatic heterocycles. The molecular weight excluding hydrogens is 412 g/mol. The summed E-state index contributed by atoms with van der Waals surface area (Å²) in [5.74, 6) is 1.18. The van der Waals surface area contributed by atoms with E-state index in [0.29, 0.717) is 24.8 Å². The molecule has 3 aliphatic rings. The van der Waals surface area contributed by atoms with Crippen LogP contribution in [0.25, 0.3) is 0 Å². The maximum absolute atomic E-state index is 12.3. The van der Waals surface area contributed by atoms with Crippen LogP contribution in [0.2, 0.25) is 0 Å². The van der Waals surface area contributed by atoms with Crippen molar-refractivity contribution >= 4 is 5.91 Å². The fourth-order valence-corrected chi connectivity index (χ4v) is 5.90. The van der Waals surface area contributed by atoms with Crippen LogP contribution in [-0.4, -0.2) is 59.4 Å². The molecule has 2 aliphatic carbocycles. The lowest BCUT2D eigenvalue weighted by molar-refractivity contribution is -0.131. The maximum Gasteiger partial charge on any atom is 0.236 e. The van der Waals surface area contributed by atoms with Crippen molar-refractivity contribution in [1.82, 2.24) is 10.2 Å². The fraction of sp³-hybridized carbons (Fsp3) is 0.607. The summed E-state index contributed by atoms with van der Waals surface area (Å²) in [7, 11) is 0. The Hall–Kier alpha value is -1.95. The molecule has 3 N–H and O–H groups in total. The maximum atomic E-state index is 12.3. The van der Waals surface area contributed by atoms with E-state index in [-0.39, 0.29) is 17.9 Å². The number of aliphatic hydroxyl groups is 2. The highest BCUT2D eigenvalue weighted by atomic mass is 16.3. The van der Waals surface area contributed by atoms with Crippen molar-refractivity contribution in [3.05, 3.63) is 59.2 Å². The summed E-state index contributed by atoms with van der Waals surface area (Å²) >= 11 is 0. The molecule has 1 saturated carbocycles. The van der Waals surface area contributed by atoms with Crippen molar-refractivity contribution in [1.29, 1.82) is 0 Å². The molecule has 180 valence electrons. The Morgan fingerprint density at radius 2 is 2.09 bits per heavy atom. The summed E-state index contributed by atoms with van der Waals surface area (Å²) < 4.78 is 0. The predicted molar refractivity (Wildman–Crippen MR) is 132 cm³/mol. The van der Waals surface area contributed by atoms with Crippen molar-refractivity contribution in [2.24, 2.45) is 17.8 Å². The van der Waals surface area contributed by atoms with Gasteiger partial charge in [0.1, 0.15) is 0 Å². The van der Waals surface area contributed by atoms with Crippen LogP contribution >= 0.6 is 0 Å². The highest BCUT2D eigenvalue weighted by molar-refractivity contribution is 5.78. The molecule has 2 fully saturated rings. The van der Waals surface area contributed by atoms with Gasteiger partial charge >= 0.3 is 0 Å². The number of carbonyl (C=O) groups excluding carboxylic acids is 1. The van der Waals surface area contributed by atoms with E-state index in [1.807, 2.05) is 23.1 Å². The normalized spacial score (nSPS) is 28.2. The van der Waals surface area contributed by atoms with E-state index in [2.05, 4.69) is 36.5 Å². The smallest absolute Gasteiger partial charge is 0.236 e. The van der Waals surface area contributed by atoms with E-state index in [9.17, 15) is 15.0 Å². The number of aryl methyl sites for hydroxylation is 1. The van der Waals surface area contributed by atoms with Crippen LogP contribution in [0, 0.1) is 24.7 Å². The number of piperidine rings is 1. The standard InChI is InChI=1S/C28H40N2O3/c1-20-6-5-7-21(14-20)16-24(31)8-9-25-26-17-22(15-23(26)18-27(25)32)10-11-29-19-28(33)30-12-3-2-4-13-30/h5-9,14-15,23-27,29,31-32H,2-4,10-13,16-19H2,1H3/t23-,24+,25+,26-,27+/m0/s1. The third kappa shape index (κ3) is 6.56. The summed E-state index contributed by atoms with van der Waals surface area (Å²) in [6.45, 7) is 5.14. The van der Waals surface area contributed by atoms with E-state index in [0.717, 1.165) is 57.3 Å². The van der Waals surface area contributed by atoms with E-state index >= 15 is 0 Å². The molecule has 0 aromatic heterocycles. The third-order valence-electron chi connectivity index (χ3n) is 7.64. The summed E-state index contributed by atoms with van der Waals surface area (Å²) in [5, 5.41) is 24.4. The van der Waals surface area contributed by atoms with Crippen LogP contribution in [0.1, 0.15) is 49.7 Å². The van der Waals surface area contributed by atoms with E-state index < -0.39 is 6.10 Å². The van der Waals surface area contributed by atoms with Gasteiger partial charge in [0.15, 0.2) is 0 Å². The largest absolute Gasteiger partial charge is 0.392 e. The molecule has 1 aromatic rings. The van der Waals surface area contributed by atoms with Gasteiger partial charge in [0.05, 0.1) is 18.8 Å². The van der Waals surface area contributed by atoms with E-state index in [4.69, 9.17) is 0 Å². The van der Waals surface area contributed by atoms with Crippen molar-refractivity contribution in [3.63, 3.8) is 0 Å². The number of amides is 1. The Morgan fingerprint density at radius 3 is 2.88 bits per heavy atom. The first kappa shape index (κ1) is 24.2. The number of carbonyl (C=O) groups is 1. The van der Waals surface area contributed by atoms with Gasteiger partial charge in [0.25, 0.3) is 0 Å². The van der Waals surface area contributed by atoms with Gasteiger partial charge in [-0.3, -0.25) is 4.79 Å².